The summed E-state index contributed by atoms with van der Waals surface area (Å²) in [6.45, 7) is 6.19. The van der Waals surface area contributed by atoms with E-state index in [0.717, 1.165) is 36.2 Å². The van der Waals surface area contributed by atoms with E-state index in [1.54, 1.807) is 13.1 Å². The van der Waals surface area contributed by atoms with Gasteiger partial charge in [-0.1, -0.05) is 25.1 Å². The highest BCUT2D eigenvalue weighted by molar-refractivity contribution is 7.16. The van der Waals surface area contributed by atoms with Gasteiger partial charge in [-0.2, -0.15) is 0 Å². The average Bonchev–Trinajstić information content (AvgIpc) is 3.23. The number of hydrogen-bond donors (Lipinski definition) is 1. The molecule has 156 valence electrons. The van der Waals surface area contributed by atoms with E-state index in [1.807, 2.05) is 37.3 Å². The normalized spacial score (nSPS) is 16.0. The lowest BCUT2D eigenvalue weighted by atomic mass is 9.88. The molecule has 0 saturated heterocycles. The molecule has 1 aliphatic rings. The van der Waals surface area contributed by atoms with Gasteiger partial charge in [0.1, 0.15) is 5.00 Å². The molecular weight excluding hydrogens is 398 g/mol. The third-order valence-electron chi connectivity index (χ3n) is 5.41. The summed E-state index contributed by atoms with van der Waals surface area (Å²) < 4.78 is 6.81. The van der Waals surface area contributed by atoms with Gasteiger partial charge in [-0.15, -0.1) is 11.3 Å². The molecule has 30 heavy (non-hydrogen) atoms. The van der Waals surface area contributed by atoms with Gasteiger partial charge in [-0.3, -0.25) is 9.89 Å². The number of thiophene rings is 1. The lowest BCUT2D eigenvalue weighted by molar-refractivity contribution is 0.0526. The van der Waals surface area contributed by atoms with Crippen LogP contribution in [-0.2, 0) is 17.6 Å². The van der Waals surface area contributed by atoms with Crippen molar-refractivity contribution in [3.05, 3.63) is 67.9 Å². The number of carbonyl (C=O) groups is 1. The molecule has 0 saturated carbocycles. The van der Waals surface area contributed by atoms with Gasteiger partial charge in [0, 0.05) is 16.8 Å². The molecule has 0 aliphatic heterocycles. The van der Waals surface area contributed by atoms with Crippen LogP contribution in [0.15, 0.2) is 40.1 Å². The maximum Gasteiger partial charge on any atom is 0.341 e. The van der Waals surface area contributed by atoms with Crippen molar-refractivity contribution in [1.29, 1.82) is 0 Å². The summed E-state index contributed by atoms with van der Waals surface area (Å²) in [5.41, 5.74) is 3.43. The minimum atomic E-state index is -0.329. The van der Waals surface area contributed by atoms with Crippen molar-refractivity contribution in [1.82, 2.24) is 9.78 Å². The highest BCUT2D eigenvalue weighted by atomic mass is 32.1. The Morgan fingerprint density at radius 2 is 2.13 bits per heavy atom. The maximum absolute atomic E-state index is 12.9. The van der Waals surface area contributed by atoms with Crippen LogP contribution in [0.2, 0.25) is 0 Å². The summed E-state index contributed by atoms with van der Waals surface area (Å²) in [6, 6.07) is 9.41. The number of esters is 1. The molecule has 2 heterocycles. The van der Waals surface area contributed by atoms with E-state index in [9.17, 15) is 9.59 Å². The van der Waals surface area contributed by atoms with Crippen LogP contribution in [-0.4, -0.2) is 28.6 Å². The Labute approximate surface area is 179 Å². The molecule has 0 fully saturated rings. The number of hydrogen-bond acceptors (Lipinski definition) is 5. The first-order chi connectivity index (χ1) is 14.5. The zero-order valence-electron chi connectivity index (χ0n) is 17.4. The van der Waals surface area contributed by atoms with Crippen LogP contribution in [0.4, 0.5) is 5.00 Å². The Morgan fingerprint density at radius 1 is 1.37 bits per heavy atom. The van der Waals surface area contributed by atoms with Crippen LogP contribution < -0.4 is 5.56 Å². The number of aliphatic imine (C=N–C) groups is 1. The first kappa shape index (κ1) is 20.3. The molecule has 1 aliphatic carbocycles. The zero-order valence-corrected chi connectivity index (χ0v) is 18.2. The summed E-state index contributed by atoms with van der Waals surface area (Å²) in [5, 5.41) is 3.73. The van der Waals surface area contributed by atoms with E-state index < -0.39 is 0 Å². The molecule has 6 nitrogen and oxygen atoms in total. The predicted molar refractivity (Wildman–Crippen MR) is 120 cm³/mol. The van der Waals surface area contributed by atoms with Gasteiger partial charge in [0.25, 0.3) is 5.56 Å². The number of carbonyl (C=O) groups excluding carboxylic acids is 1. The lowest BCUT2D eigenvalue weighted by Crippen LogP contribution is -2.17. The van der Waals surface area contributed by atoms with Crippen molar-refractivity contribution < 1.29 is 9.53 Å². The SMILES string of the molecule is CCOC(=O)c1c(/N=C/c2c(C)[nH]n(-c3ccccc3)c2=O)sc2c1CCC(C)C2. The lowest BCUT2D eigenvalue weighted by Gasteiger charge is -2.18. The monoisotopic (exact) mass is 423 g/mol. The standard InChI is InChI=1S/C23H25N3O3S/c1-4-29-23(28)20-17-11-10-14(2)12-19(17)30-21(20)24-13-18-15(3)25-26(22(18)27)16-8-6-5-7-9-16/h5-9,13-14,25H,4,10-12H2,1-3H3/b24-13+. The van der Waals surface area contributed by atoms with Crippen LogP contribution in [0.5, 0.6) is 0 Å². The molecule has 1 atom stereocenters. The largest absolute Gasteiger partial charge is 0.462 e. The Kier molecular flexibility index (Phi) is 5.72. The molecule has 0 amide bonds. The Balaban J connectivity index is 1.74. The number of ether oxygens (including phenoxy) is 1. The maximum atomic E-state index is 12.9. The molecular formula is C23H25N3O3S. The highest BCUT2D eigenvalue weighted by Gasteiger charge is 2.28. The number of para-hydroxylation sites is 1. The van der Waals surface area contributed by atoms with E-state index in [0.29, 0.717) is 28.7 Å². The van der Waals surface area contributed by atoms with Gasteiger partial charge >= 0.3 is 5.97 Å². The molecule has 1 aromatic carbocycles. The first-order valence-electron chi connectivity index (χ1n) is 10.2. The molecule has 3 aromatic rings. The molecule has 1 N–H and O–H groups in total. The van der Waals surface area contributed by atoms with Gasteiger partial charge < -0.3 is 4.74 Å². The Morgan fingerprint density at radius 3 is 2.87 bits per heavy atom. The third-order valence-corrected chi connectivity index (χ3v) is 6.58. The number of aromatic amines is 1. The number of H-pyrrole nitrogens is 1. The summed E-state index contributed by atoms with van der Waals surface area (Å²) in [6.07, 6.45) is 4.43. The number of aromatic nitrogens is 2. The topological polar surface area (TPSA) is 76.4 Å². The van der Waals surface area contributed by atoms with Crippen molar-refractivity contribution in [2.24, 2.45) is 10.9 Å². The summed E-state index contributed by atoms with van der Waals surface area (Å²) in [7, 11) is 0. The van der Waals surface area contributed by atoms with Gasteiger partial charge in [-0.05, 0) is 56.7 Å². The van der Waals surface area contributed by atoms with Crippen molar-refractivity contribution >= 4 is 28.5 Å². The molecule has 4 rings (SSSR count). The van der Waals surface area contributed by atoms with Gasteiger partial charge in [0.2, 0.25) is 0 Å². The number of benzene rings is 1. The molecule has 0 bridgehead atoms. The molecule has 1 unspecified atom stereocenters. The number of aryl methyl sites for hydroxylation is 1. The molecule has 2 aromatic heterocycles. The zero-order chi connectivity index (χ0) is 21.3. The quantitative estimate of drug-likeness (QED) is 0.482. The van der Waals surface area contributed by atoms with Crippen molar-refractivity contribution in [2.45, 2.75) is 40.0 Å². The number of nitrogens with one attached hydrogen (secondary N) is 1. The second kappa shape index (κ2) is 8.44. The van der Waals surface area contributed by atoms with E-state index >= 15 is 0 Å². The predicted octanol–water partition coefficient (Wildman–Crippen LogP) is 4.59. The van der Waals surface area contributed by atoms with E-state index in [1.165, 1.54) is 20.9 Å². The highest BCUT2D eigenvalue weighted by Crippen LogP contribution is 2.41. The number of rotatable bonds is 5. The van der Waals surface area contributed by atoms with E-state index in [2.05, 4.69) is 17.0 Å². The van der Waals surface area contributed by atoms with Crippen LogP contribution in [0, 0.1) is 12.8 Å². The fraction of sp³-hybridized carbons (Fsp3) is 0.348. The van der Waals surface area contributed by atoms with Gasteiger partial charge in [0.15, 0.2) is 0 Å². The Hall–Kier alpha value is -2.93. The smallest absolute Gasteiger partial charge is 0.341 e. The summed E-state index contributed by atoms with van der Waals surface area (Å²) in [4.78, 5) is 31.4. The molecule has 0 spiro atoms. The Bertz CT molecular complexity index is 1150. The minimum absolute atomic E-state index is 0.171. The number of fused-ring (bicyclic) bond motifs is 1. The summed E-state index contributed by atoms with van der Waals surface area (Å²) >= 11 is 1.54. The third kappa shape index (κ3) is 3.77. The summed E-state index contributed by atoms with van der Waals surface area (Å²) in [5.74, 6) is 0.261. The van der Waals surface area contributed by atoms with Crippen molar-refractivity contribution in [3.8, 4) is 5.69 Å². The van der Waals surface area contributed by atoms with Crippen LogP contribution >= 0.6 is 11.3 Å². The number of nitrogens with zero attached hydrogens (tertiary/aromatic N) is 2. The van der Waals surface area contributed by atoms with E-state index in [4.69, 9.17) is 4.74 Å². The minimum Gasteiger partial charge on any atom is -0.462 e. The van der Waals surface area contributed by atoms with Crippen molar-refractivity contribution in [2.75, 3.05) is 6.61 Å². The average molecular weight is 424 g/mol. The van der Waals surface area contributed by atoms with Gasteiger partial charge in [-0.25, -0.2) is 14.5 Å². The van der Waals surface area contributed by atoms with Gasteiger partial charge in [0.05, 0.1) is 23.4 Å². The molecule has 0 radical (unpaired) electrons. The van der Waals surface area contributed by atoms with E-state index in [-0.39, 0.29) is 11.5 Å². The van der Waals surface area contributed by atoms with Crippen molar-refractivity contribution in [3.63, 3.8) is 0 Å². The second-order valence-corrected chi connectivity index (χ2v) is 8.72. The van der Waals surface area contributed by atoms with Crippen LogP contribution in [0.1, 0.15) is 52.3 Å². The first-order valence-corrected chi connectivity index (χ1v) is 11.0. The second-order valence-electron chi connectivity index (χ2n) is 7.64. The van der Waals surface area contributed by atoms with Crippen LogP contribution in [0.3, 0.4) is 0 Å². The van der Waals surface area contributed by atoms with Crippen LogP contribution in [0.25, 0.3) is 5.69 Å². The fourth-order valence-corrected chi connectivity index (χ4v) is 5.18. The molecule has 7 heteroatoms. The fourth-order valence-electron chi connectivity index (χ4n) is 3.83.